The molecule has 0 radical (unpaired) electrons. The lowest BCUT2D eigenvalue weighted by Crippen LogP contribution is -2.22. The zero-order valence-electron chi connectivity index (χ0n) is 32.3. The molecule has 0 heterocycles. The molecule has 0 spiro atoms. The quantitative estimate of drug-likeness (QED) is 0.265. The Morgan fingerprint density at radius 3 is 1.12 bits per heavy atom. The Morgan fingerprint density at radius 1 is 0.452 bits per heavy atom. The highest BCUT2D eigenvalue weighted by molar-refractivity contribution is 5.03. The Morgan fingerprint density at radius 2 is 0.881 bits per heavy atom. The van der Waals surface area contributed by atoms with E-state index in [1.807, 2.05) is 0 Å². The average Bonchev–Trinajstić information content (AvgIpc) is 3.83. The molecule has 0 aromatic carbocycles. The van der Waals surface area contributed by atoms with Crippen LogP contribution in [0.1, 0.15) is 163 Å². The number of hydrogen-bond acceptors (Lipinski definition) is 0. The van der Waals surface area contributed by atoms with Crippen molar-refractivity contribution in [2.45, 2.75) is 163 Å². The van der Waals surface area contributed by atoms with Crippen molar-refractivity contribution in [3.05, 3.63) is 0 Å². The van der Waals surface area contributed by atoms with Crippen LogP contribution in [0.3, 0.4) is 0 Å². The molecule has 5 aliphatic carbocycles. The summed E-state index contributed by atoms with van der Waals surface area (Å²) in [6.45, 7) is 40.4. The van der Waals surface area contributed by atoms with Gasteiger partial charge in [-0.2, -0.15) is 0 Å². The summed E-state index contributed by atoms with van der Waals surface area (Å²) in [4.78, 5) is 0. The smallest absolute Gasteiger partial charge is 0.0269 e. The summed E-state index contributed by atoms with van der Waals surface area (Å²) in [6.07, 6.45) is 10.5. The minimum atomic E-state index is 0.689. The van der Waals surface area contributed by atoms with Gasteiger partial charge in [0.2, 0.25) is 0 Å². The lowest BCUT2D eigenvalue weighted by molar-refractivity contribution is 0.201. The molecular formula is C42H82. The highest BCUT2D eigenvalue weighted by Crippen LogP contribution is 2.62. The van der Waals surface area contributed by atoms with Crippen molar-refractivity contribution in [3.63, 3.8) is 0 Å². The molecule has 0 amide bonds. The second-order valence-electron chi connectivity index (χ2n) is 19.1. The van der Waals surface area contributed by atoms with Gasteiger partial charge in [-0.3, -0.25) is 0 Å². The first-order valence-electron chi connectivity index (χ1n) is 19.3. The van der Waals surface area contributed by atoms with Crippen LogP contribution in [0.15, 0.2) is 0 Å². The molecule has 10 atom stereocenters. The van der Waals surface area contributed by atoms with E-state index in [0.717, 1.165) is 101 Å². The Balaban J connectivity index is 0.000000197. The SMILES string of the molecule is CC(C)C1CC1(C)C(C)C.CC(C)C1CC1C(C)C.CC(C)C1CC2CC2C1C(C)C.CC(C)C1CCCC1C(C)C. The van der Waals surface area contributed by atoms with Gasteiger partial charge >= 0.3 is 0 Å². The van der Waals surface area contributed by atoms with Gasteiger partial charge in [0.15, 0.2) is 0 Å². The van der Waals surface area contributed by atoms with Crippen LogP contribution in [0, 0.1) is 106 Å². The molecule has 10 unspecified atom stereocenters. The second kappa shape index (κ2) is 16.0. The zero-order chi connectivity index (χ0) is 32.3. The third-order valence-electron chi connectivity index (χ3n) is 13.6. The molecule has 5 aliphatic rings. The highest BCUT2D eigenvalue weighted by atomic mass is 14.6. The Labute approximate surface area is 268 Å². The molecule has 0 aliphatic heterocycles. The van der Waals surface area contributed by atoms with Crippen molar-refractivity contribution in [1.82, 2.24) is 0 Å². The largest absolute Gasteiger partial charge is 0.0625 e. The molecule has 250 valence electrons. The monoisotopic (exact) mass is 587 g/mol. The number of rotatable bonds is 8. The number of fused-ring (bicyclic) bond motifs is 1. The van der Waals surface area contributed by atoms with Gasteiger partial charge in [-0.15, -0.1) is 0 Å². The van der Waals surface area contributed by atoms with Crippen molar-refractivity contribution in [2.75, 3.05) is 0 Å². The fourth-order valence-corrected chi connectivity index (χ4v) is 10.1. The maximum atomic E-state index is 2.43. The van der Waals surface area contributed by atoms with Crippen molar-refractivity contribution in [2.24, 2.45) is 106 Å². The van der Waals surface area contributed by atoms with Gasteiger partial charge in [0, 0.05) is 0 Å². The molecule has 0 saturated heterocycles. The Hall–Kier alpha value is 0. The van der Waals surface area contributed by atoms with Gasteiger partial charge in [0.1, 0.15) is 0 Å². The maximum Gasteiger partial charge on any atom is -0.0269 e. The van der Waals surface area contributed by atoms with Crippen molar-refractivity contribution in [3.8, 4) is 0 Å². The van der Waals surface area contributed by atoms with Crippen molar-refractivity contribution >= 4 is 0 Å². The van der Waals surface area contributed by atoms with Gasteiger partial charge in [-0.05, 0) is 145 Å². The fraction of sp³-hybridized carbons (Fsp3) is 1.00. The predicted octanol–water partition coefficient (Wildman–Crippen LogP) is 13.5. The van der Waals surface area contributed by atoms with Crippen LogP contribution in [0.4, 0.5) is 0 Å². The summed E-state index contributed by atoms with van der Waals surface area (Å²) in [5.74, 6) is 16.9. The van der Waals surface area contributed by atoms with Gasteiger partial charge in [0.25, 0.3) is 0 Å². The summed E-state index contributed by atoms with van der Waals surface area (Å²) in [6, 6.07) is 0. The molecule has 0 bridgehead atoms. The van der Waals surface area contributed by atoms with Gasteiger partial charge in [-0.1, -0.05) is 124 Å². The summed E-state index contributed by atoms with van der Waals surface area (Å²) in [5, 5.41) is 0. The topological polar surface area (TPSA) is 0 Å². The molecule has 5 saturated carbocycles. The van der Waals surface area contributed by atoms with E-state index in [1.54, 1.807) is 12.8 Å². The summed E-state index contributed by atoms with van der Waals surface area (Å²) in [5.41, 5.74) is 0.689. The molecule has 0 nitrogen and oxygen atoms in total. The van der Waals surface area contributed by atoms with E-state index in [1.165, 1.54) is 32.1 Å². The lowest BCUT2D eigenvalue weighted by Gasteiger charge is -2.29. The molecule has 0 aromatic heterocycles. The number of hydrogen-bond donors (Lipinski definition) is 0. The average molecular weight is 587 g/mol. The normalized spacial score (nSPS) is 38.1. The van der Waals surface area contributed by atoms with Crippen LogP contribution >= 0.6 is 0 Å². The zero-order valence-corrected chi connectivity index (χ0v) is 32.3. The lowest BCUT2D eigenvalue weighted by atomic mass is 9.77. The predicted molar refractivity (Wildman–Crippen MR) is 191 cm³/mol. The standard InChI is InChI=1S/C12H22.C11H22.C10H20.C9H18/c1-7(2)10-5-9-6-11(9)12(10)8(3)4;1-8(2)10-6-5-7-11(10)9(3)4;1-7(2)9-6-10(9,5)8(3)4;1-6(2)8-5-9(8)7(3)4/h7-12H,5-6H2,1-4H3;8-11H,5-7H2,1-4H3;7-9H,6H2,1-5H3;6-9H,5H2,1-4H3. The fourth-order valence-electron chi connectivity index (χ4n) is 10.1. The minimum absolute atomic E-state index is 0.689. The molecule has 0 aromatic rings. The van der Waals surface area contributed by atoms with E-state index >= 15 is 0 Å². The van der Waals surface area contributed by atoms with E-state index in [-0.39, 0.29) is 0 Å². The minimum Gasteiger partial charge on any atom is -0.0625 e. The van der Waals surface area contributed by atoms with Gasteiger partial charge in [-0.25, -0.2) is 0 Å². The molecular weight excluding hydrogens is 504 g/mol. The van der Waals surface area contributed by atoms with Crippen molar-refractivity contribution < 1.29 is 0 Å². The first-order valence-corrected chi connectivity index (χ1v) is 19.3. The van der Waals surface area contributed by atoms with Crippen LogP contribution in [0.2, 0.25) is 0 Å². The van der Waals surface area contributed by atoms with E-state index < -0.39 is 0 Å². The van der Waals surface area contributed by atoms with E-state index in [9.17, 15) is 0 Å². The maximum absolute atomic E-state index is 2.43. The highest BCUT2D eigenvalue weighted by Gasteiger charge is 2.54. The van der Waals surface area contributed by atoms with Gasteiger partial charge < -0.3 is 0 Å². The van der Waals surface area contributed by atoms with Crippen LogP contribution in [0.5, 0.6) is 0 Å². The van der Waals surface area contributed by atoms with E-state index in [2.05, 4.69) is 118 Å². The van der Waals surface area contributed by atoms with E-state index in [0.29, 0.717) is 5.41 Å². The third kappa shape index (κ3) is 10.3. The first-order chi connectivity index (χ1) is 19.3. The molecule has 5 fully saturated rings. The third-order valence-corrected chi connectivity index (χ3v) is 13.6. The van der Waals surface area contributed by atoms with Gasteiger partial charge in [0.05, 0.1) is 0 Å². The van der Waals surface area contributed by atoms with Crippen LogP contribution in [0.25, 0.3) is 0 Å². The molecule has 0 N–H and O–H groups in total. The summed E-state index contributed by atoms with van der Waals surface area (Å²) < 4.78 is 0. The molecule has 5 rings (SSSR count). The van der Waals surface area contributed by atoms with Crippen LogP contribution in [-0.2, 0) is 0 Å². The van der Waals surface area contributed by atoms with E-state index in [4.69, 9.17) is 0 Å². The Bertz CT molecular complexity index is 726. The van der Waals surface area contributed by atoms with Crippen LogP contribution in [-0.4, -0.2) is 0 Å². The Kier molecular flexibility index (Phi) is 14.6. The van der Waals surface area contributed by atoms with Crippen LogP contribution < -0.4 is 0 Å². The summed E-state index contributed by atoms with van der Waals surface area (Å²) in [7, 11) is 0. The molecule has 0 heteroatoms. The van der Waals surface area contributed by atoms with Crippen molar-refractivity contribution in [1.29, 1.82) is 0 Å². The molecule has 42 heavy (non-hydrogen) atoms. The second-order valence-corrected chi connectivity index (χ2v) is 19.1. The first kappa shape index (κ1) is 38.2. The summed E-state index contributed by atoms with van der Waals surface area (Å²) >= 11 is 0.